The van der Waals surface area contributed by atoms with Gasteiger partial charge in [-0.1, -0.05) is 6.07 Å². The van der Waals surface area contributed by atoms with Crippen molar-refractivity contribution >= 4 is 15.9 Å². The Hall–Kier alpha value is -2.35. The fraction of sp³-hybridized carbons (Fsp3) is 0.333. The molecule has 2 N–H and O–H groups in total. The molecule has 7 nitrogen and oxygen atoms in total. The second-order valence-electron chi connectivity index (χ2n) is 5.49. The van der Waals surface area contributed by atoms with E-state index in [9.17, 15) is 13.2 Å². The number of carbonyl (C=O) groups excluding carboxylic acids is 1. The van der Waals surface area contributed by atoms with Crippen LogP contribution in [0, 0.1) is 0 Å². The number of urea groups is 1. The van der Waals surface area contributed by atoms with Gasteiger partial charge in [0.05, 0.1) is 29.7 Å². The Kier molecular flexibility index (Phi) is 4.33. The highest BCUT2D eigenvalue weighted by Crippen LogP contribution is 2.17. The summed E-state index contributed by atoms with van der Waals surface area (Å²) in [6.07, 6.45) is 5.35. The highest BCUT2D eigenvalue weighted by atomic mass is 32.2. The number of amides is 2. The fourth-order valence-corrected chi connectivity index (χ4v) is 4.11. The molecule has 2 aromatic heterocycles. The van der Waals surface area contributed by atoms with Crippen LogP contribution in [0.15, 0.2) is 41.3 Å². The number of aromatic nitrogens is 1. The molecule has 1 aliphatic rings. The van der Waals surface area contributed by atoms with Gasteiger partial charge in [-0.15, -0.1) is 0 Å². The molecule has 2 amide bonds. The summed E-state index contributed by atoms with van der Waals surface area (Å²) < 4.78 is 27.7. The SMILES string of the molecule is O=C(NCc1ccc(-c2ccoc2)nc1)NC1CCS(=O)(=O)C1. The van der Waals surface area contributed by atoms with Crippen molar-refractivity contribution < 1.29 is 17.6 Å². The lowest BCUT2D eigenvalue weighted by Gasteiger charge is -2.12. The molecule has 0 radical (unpaired) electrons. The monoisotopic (exact) mass is 335 g/mol. The van der Waals surface area contributed by atoms with E-state index in [0.717, 1.165) is 16.8 Å². The summed E-state index contributed by atoms with van der Waals surface area (Å²) in [5.41, 5.74) is 2.54. The summed E-state index contributed by atoms with van der Waals surface area (Å²) in [7, 11) is -2.99. The van der Waals surface area contributed by atoms with Crippen molar-refractivity contribution in [2.75, 3.05) is 11.5 Å². The Morgan fingerprint density at radius 2 is 2.22 bits per heavy atom. The van der Waals surface area contributed by atoms with Gasteiger partial charge >= 0.3 is 6.03 Å². The molecule has 23 heavy (non-hydrogen) atoms. The van der Waals surface area contributed by atoms with Crippen LogP contribution in [0.2, 0.25) is 0 Å². The maximum atomic E-state index is 11.8. The number of hydrogen-bond donors (Lipinski definition) is 2. The molecule has 0 spiro atoms. The molecule has 0 saturated carbocycles. The fourth-order valence-electron chi connectivity index (χ4n) is 2.44. The highest BCUT2D eigenvalue weighted by Gasteiger charge is 2.28. The molecule has 3 heterocycles. The predicted molar refractivity (Wildman–Crippen MR) is 84.4 cm³/mol. The van der Waals surface area contributed by atoms with E-state index >= 15 is 0 Å². The van der Waals surface area contributed by atoms with Crippen molar-refractivity contribution in [1.82, 2.24) is 15.6 Å². The minimum atomic E-state index is -2.99. The first-order valence-electron chi connectivity index (χ1n) is 7.24. The summed E-state index contributed by atoms with van der Waals surface area (Å²) >= 11 is 0. The molecule has 0 aliphatic carbocycles. The van der Waals surface area contributed by atoms with Crippen LogP contribution in [-0.4, -0.2) is 37.0 Å². The Bertz CT molecular complexity index is 770. The van der Waals surface area contributed by atoms with E-state index in [4.69, 9.17) is 4.42 Å². The Morgan fingerprint density at radius 3 is 2.83 bits per heavy atom. The molecule has 1 atom stereocenters. The van der Waals surface area contributed by atoms with Gasteiger partial charge in [0.2, 0.25) is 0 Å². The number of rotatable bonds is 4. The second kappa shape index (κ2) is 6.41. The molecule has 1 aliphatic heterocycles. The van der Waals surface area contributed by atoms with Gasteiger partial charge in [0.15, 0.2) is 9.84 Å². The van der Waals surface area contributed by atoms with Crippen LogP contribution in [-0.2, 0) is 16.4 Å². The van der Waals surface area contributed by atoms with E-state index < -0.39 is 9.84 Å². The third-order valence-corrected chi connectivity index (χ3v) is 5.43. The predicted octanol–water partition coefficient (Wildman–Crippen LogP) is 1.33. The normalized spacial score (nSPS) is 19.4. The number of pyridine rings is 1. The number of furan rings is 1. The molecule has 2 aromatic rings. The van der Waals surface area contributed by atoms with Gasteiger partial charge in [-0.05, 0) is 24.1 Å². The topological polar surface area (TPSA) is 101 Å². The van der Waals surface area contributed by atoms with Gasteiger partial charge in [-0.2, -0.15) is 0 Å². The number of hydrogen-bond acceptors (Lipinski definition) is 5. The number of nitrogens with zero attached hydrogens (tertiary/aromatic N) is 1. The van der Waals surface area contributed by atoms with E-state index in [2.05, 4.69) is 15.6 Å². The van der Waals surface area contributed by atoms with E-state index in [1.807, 2.05) is 18.2 Å². The molecule has 8 heteroatoms. The maximum absolute atomic E-state index is 11.8. The molecular formula is C15H17N3O4S. The first kappa shape index (κ1) is 15.5. The van der Waals surface area contributed by atoms with Crippen molar-refractivity contribution in [3.63, 3.8) is 0 Å². The molecule has 1 fully saturated rings. The summed E-state index contributed by atoms with van der Waals surface area (Å²) in [5, 5.41) is 5.38. The van der Waals surface area contributed by atoms with Crippen molar-refractivity contribution in [1.29, 1.82) is 0 Å². The largest absolute Gasteiger partial charge is 0.472 e. The lowest BCUT2D eigenvalue weighted by Crippen LogP contribution is -2.42. The van der Waals surface area contributed by atoms with Crippen LogP contribution < -0.4 is 10.6 Å². The number of nitrogens with one attached hydrogen (secondary N) is 2. The molecular weight excluding hydrogens is 318 g/mol. The minimum Gasteiger partial charge on any atom is -0.472 e. The van der Waals surface area contributed by atoms with Gasteiger partial charge in [0.25, 0.3) is 0 Å². The van der Waals surface area contributed by atoms with Gasteiger partial charge in [-0.25, -0.2) is 13.2 Å². The summed E-state index contributed by atoms with van der Waals surface area (Å²) in [6.45, 7) is 0.323. The summed E-state index contributed by atoms with van der Waals surface area (Å²) in [6, 6.07) is 4.87. The third kappa shape index (κ3) is 4.10. The zero-order valence-corrected chi connectivity index (χ0v) is 13.2. The Labute approximate surface area is 134 Å². The third-order valence-electron chi connectivity index (χ3n) is 3.66. The van der Waals surface area contributed by atoms with Crippen molar-refractivity contribution in [3.8, 4) is 11.3 Å². The molecule has 1 unspecified atom stereocenters. The number of sulfone groups is 1. The van der Waals surface area contributed by atoms with Gasteiger partial charge < -0.3 is 15.1 Å². The standard InChI is InChI=1S/C15H17N3O4S/c19-15(18-13-4-6-23(20,21)10-13)17-8-11-1-2-14(16-7-11)12-3-5-22-9-12/h1-3,5,7,9,13H,4,6,8,10H2,(H2,17,18,19). The maximum Gasteiger partial charge on any atom is 0.315 e. The van der Waals surface area contributed by atoms with E-state index in [1.165, 1.54) is 0 Å². The van der Waals surface area contributed by atoms with Crippen LogP contribution in [0.25, 0.3) is 11.3 Å². The van der Waals surface area contributed by atoms with Crippen molar-refractivity contribution in [2.45, 2.75) is 19.0 Å². The van der Waals surface area contributed by atoms with Crippen LogP contribution in [0.4, 0.5) is 4.79 Å². The van der Waals surface area contributed by atoms with Crippen molar-refractivity contribution in [3.05, 3.63) is 42.5 Å². The first-order valence-corrected chi connectivity index (χ1v) is 9.06. The second-order valence-corrected chi connectivity index (χ2v) is 7.72. The number of carbonyl (C=O) groups is 1. The Morgan fingerprint density at radius 1 is 1.35 bits per heavy atom. The summed E-state index contributed by atoms with van der Waals surface area (Å²) in [5.74, 6) is 0.152. The lowest BCUT2D eigenvalue weighted by atomic mass is 10.2. The average molecular weight is 335 g/mol. The van der Waals surface area contributed by atoms with E-state index in [-0.39, 0.29) is 23.6 Å². The Balaban J connectivity index is 1.49. The highest BCUT2D eigenvalue weighted by molar-refractivity contribution is 7.91. The van der Waals surface area contributed by atoms with Crippen LogP contribution in [0.5, 0.6) is 0 Å². The van der Waals surface area contributed by atoms with Crippen LogP contribution in [0.1, 0.15) is 12.0 Å². The van der Waals surface area contributed by atoms with Crippen LogP contribution in [0.3, 0.4) is 0 Å². The quantitative estimate of drug-likeness (QED) is 0.878. The zero-order chi connectivity index (χ0) is 16.3. The lowest BCUT2D eigenvalue weighted by molar-refractivity contribution is 0.237. The van der Waals surface area contributed by atoms with Crippen LogP contribution >= 0.6 is 0 Å². The minimum absolute atomic E-state index is 0.0153. The smallest absolute Gasteiger partial charge is 0.315 e. The molecule has 1 saturated heterocycles. The summed E-state index contributed by atoms with van der Waals surface area (Å²) in [4.78, 5) is 16.1. The molecule has 0 aromatic carbocycles. The van der Waals surface area contributed by atoms with E-state index in [1.54, 1.807) is 18.7 Å². The van der Waals surface area contributed by atoms with E-state index in [0.29, 0.717) is 13.0 Å². The van der Waals surface area contributed by atoms with Gasteiger partial charge in [0.1, 0.15) is 0 Å². The van der Waals surface area contributed by atoms with Crippen molar-refractivity contribution in [2.24, 2.45) is 0 Å². The van der Waals surface area contributed by atoms with Gasteiger partial charge in [-0.3, -0.25) is 4.98 Å². The molecule has 3 rings (SSSR count). The van der Waals surface area contributed by atoms with Gasteiger partial charge in [0, 0.05) is 24.3 Å². The average Bonchev–Trinajstić information content (AvgIpc) is 3.15. The first-order chi connectivity index (χ1) is 11.0. The molecule has 122 valence electrons. The molecule has 0 bridgehead atoms. The zero-order valence-electron chi connectivity index (χ0n) is 12.4.